The van der Waals surface area contributed by atoms with E-state index in [4.69, 9.17) is 4.74 Å². The first kappa shape index (κ1) is 13.1. The van der Waals surface area contributed by atoms with Gasteiger partial charge in [0.1, 0.15) is 5.75 Å². The van der Waals surface area contributed by atoms with E-state index in [1.54, 1.807) is 0 Å². The first-order chi connectivity index (χ1) is 9.86. The topological polar surface area (TPSA) is 52.0 Å². The van der Waals surface area contributed by atoms with E-state index < -0.39 is 0 Å². The zero-order valence-electron chi connectivity index (χ0n) is 11.7. The molecular weight excluding hydrogens is 252 g/mol. The van der Waals surface area contributed by atoms with Crippen molar-refractivity contribution in [2.75, 3.05) is 13.2 Å². The quantitative estimate of drug-likeness (QED) is 0.904. The third-order valence-corrected chi connectivity index (χ3v) is 3.63. The predicted molar refractivity (Wildman–Crippen MR) is 76.7 cm³/mol. The lowest BCUT2D eigenvalue weighted by Crippen LogP contribution is -2.18. The fourth-order valence-electron chi connectivity index (χ4n) is 2.59. The van der Waals surface area contributed by atoms with Gasteiger partial charge in [0.25, 0.3) is 0 Å². The minimum atomic E-state index is 0.452. The summed E-state index contributed by atoms with van der Waals surface area (Å²) in [6, 6.07) is 8.28. The highest BCUT2D eigenvalue weighted by molar-refractivity contribution is 5.37. The number of nitrogens with one attached hydrogen (secondary N) is 1. The van der Waals surface area contributed by atoms with Gasteiger partial charge in [-0.15, -0.1) is 5.10 Å². The predicted octanol–water partition coefficient (Wildman–Crippen LogP) is 1.95. The van der Waals surface area contributed by atoms with Gasteiger partial charge in [-0.25, -0.2) is 0 Å². The summed E-state index contributed by atoms with van der Waals surface area (Å²) >= 11 is 0. The first-order valence-electron chi connectivity index (χ1n) is 7.18. The molecule has 1 N–H and O–H groups in total. The van der Waals surface area contributed by atoms with Crippen molar-refractivity contribution in [3.05, 3.63) is 41.7 Å². The van der Waals surface area contributed by atoms with Crippen LogP contribution < -0.4 is 10.1 Å². The zero-order valence-corrected chi connectivity index (χ0v) is 11.7. The van der Waals surface area contributed by atoms with Crippen LogP contribution in [0.4, 0.5) is 0 Å². The molecular formula is C15H20N4O. The Morgan fingerprint density at radius 3 is 3.20 bits per heavy atom. The van der Waals surface area contributed by atoms with Crippen LogP contribution in [0.3, 0.4) is 0 Å². The molecule has 1 unspecified atom stereocenters. The molecule has 1 aromatic carbocycles. The maximum atomic E-state index is 5.69. The van der Waals surface area contributed by atoms with Crippen molar-refractivity contribution in [1.82, 2.24) is 20.3 Å². The normalized spacial score (nSPS) is 17.6. The van der Waals surface area contributed by atoms with E-state index in [2.05, 4.69) is 34.7 Å². The Kier molecular flexibility index (Phi) is 3.97. The molecule has 0 amide bonds. The summed E-state index contributed by atoms with van der Waals surface area (Å²) in [7, 11) is 0. The Bertz CT molecular complexity index is 567. The second-order valence-electron chi connectivity index (χ2n) is 5.08. The van der Waals surface area contributed by atoms with Gasteiger partial charge in [0.15, 0.2) is 0 Å². The number of hydrogen-bond donors (Lipinski definition) is 1. The van der Waals surface area contributed by atoms with Crippen molar-refractivity contribution in [1.29, 1.82) is 0 Å². The number of hydrogen-bond acceptors (Lipinski definition) is 4. The third-order valence-electron chi connectivity index (χ3n) is 3.63. The van der Waals surface area contributed by atoms with Gasteiger partial charge in [-0.3, -0.25) is 4.68 Å². The summed E-state index contributed by atoms with van der Waals surface area (Å²) in [6.07, 6.45) is 3.06. The molecule has 3 rings (SSSR count). The molecule has 1 atom stereocenters. The average Bonchev–Trinajstić information content (AvgIpc) is 2.93. The lowest BCUT2D eigenvalue weighted by atomic mass is 9.93. The highest BCUT2D eigenvalue weighted by Crippen LogP contribution is 2.34. The maximum Gasteiger partial charge on any atom is 0.122 e. The van der Waals surface area contributed by atoms with Crippen LogP contribution >= 0.6 is 0 Å². The van der Waals surface area contributed by atoms with Gasteiger partial charge >= 0.3 is 0 Å². The highest BCUT2D eigenvalue weighted by Gasteiger charge is 2.21. The average molecular weight is 272 g/mol. The number of rotatable bonds is 5. The molecule has 0 radical (unpaired) electrons. The number of aromatic nitrogens is 3. The molecule has 0 saturated carbocycles. The molecule has 0 bridgehead atoms. The fraction of sp³-hybridized carbons (Fsp3) is 0.467. The molecule has 1 aliphatic rings. The van der Waals surface area contributed by atoms with E-state index in [-0.39, 0.29) is 0 Å². The van der Waals surface area contributed by atoms with Crippen molar-refractivity contribution in [3.8, 4) is 5.75 Å². The van der Waals surface area contributed by atoms with Gasteiger partial charge in [0.05, 0.1) is 12.3 Å². The van der Waals surface area contributed by atoms with Crippen molar-refractivity contribution < 1.29 is 4.74 Å². The molecule has 0 fully saturated rings. The maximum absolute atomic E-state index is 5.69. The monoisotopic (exact) mass is 272 g/mol. The SMILES string of the molecule is CCNCc1cn(CC2CCOc3ccccc32)nn1. The Hall–Kier alpha value is -1.88. The Morgan fingerprint density at radius 2 is 2.30 bits per heavy atom. The lowest BCUT2D eigenvalue weighted by Gasteiger charge is -2.25. The minimum Gasteiger partial charge on any atom is -0.493 e. The molecule has 0 aliphatic carbocycles. The number of ether oxygens (including phenoxy) is 1. The second kappa shape index (κ2) is 6.05. The van der Waals surface area contributed by atoms with Crippen molar-refractivity contribution in [3.63, 3.8) is 0 Å². The summed E-state index contributed by atoms with van der Waals surface area (Å²) in [4.78, 5) is 0. The molecule has 1 aromatic heterocycles. The number of benzene rings is 1. The third kappa shape index (κ3) is 2.82. The van der Waals surface area contributed by atoms with Gasteiger partial charge in [-0.1, -0.05) is 30.3 Å². The second-order valence-corrected chi connectivity index (χ2v) is 5.08. The molecule has 2 heterocycles. The van der Waals surface area contributed by atoms with Crippen molar-refractivity contribution >= 4 is 0 Å². The lowest BCUT2D eigenvalue weighted by molar-refractivity contribution is 0.256. The van der Waals surface area contributed by atoms with Gasteiger partial charge < -0.3 is 10.1 Å². The summed E-state index contributed by atoms with van der Waals surface area (Å²) in [5.74, 6) is 1.46. The van der Waals surface area contributed by atoms with Crippen LogP contribution in [-0.2, 0) is 13.1 Å². The minimum absolute atomic E-state index is 0.452. The van der Waals surface area contributed by atoms with E-state index in [9.17, 15) is 0 Å². The van der Waals surface area contributed by atoms with Gasteiger partial charge in [-0.2, -0.15) is 0 Å². The number of fused-ring (bicyclic) bond motifs is 1. The van der Waals surface area contributed by atoms with E-state index in [1.807, 2.05) is 23.0 Å². The molecule has 106 valence electrons. The highest BCUT2D eigenvalue weighted by atomic mass is 16.5. The molecule has 2 aromatic rings. The fourth-order valence-corrected chi connectivity index (χ4v) is 2.59. The van der Waals surface area contributed by atoms with Crippen molar-refractivity contribution in [2.24, 2.45) is 0 Å². The van der Waals surface area contributed by atoms with Crippen LogP contribution in [0, 0.1) is 0 Å². The smallest absolute Gasteiger partial charge is 0.122 e. The van der Waals surface area contributed by atoms with Gasteiger partial charge in [-0.05, 0) is 24.6 Å². The summed E-state index contributed by atoms with van der Waals surface area (Å²) in [5, 5.41) is 11.7. The number of para-hydroxylation sites is 1. The van der Waals surface area contributed by atoms with E-state index in [1.165, 1.54) is 5.56 Å². The molecule has 5 nitrogen and oxygen atoms in total. The Labute approximate surface area is 118 Å². The summed E-state index contributed by atoms with van der Waals surface area (Å²) in [6.45, 7) is 5.45. The molecule has 20 heavy (non-hydrogen) atoms. The van der Waals surface area contributed by atoms with E-state index in [0.29, 0.717) is 5.92 Å². The standard InChI is InChI=1S/C15H20N4O/c1-2-16-9-13-11-19(18-17-13)10-12-7-8-20-15-6-4-3-5-14(12)15/h3-6,11-12,16H,2,7-10H2,1H3. The van der Waals surface area contributed by atoms with Crippen LogP contribution in [-0.4, -0.2) is 28.1 Å². The van der Waals surface area contributed by atoms with E-state index in [0.717, 1.165) is 44.1 Å². The van der Waals surface area contributed by atoms with Gasteiger partial charge in [0.2, 0.25) is 0 Å². The largest absolute Gasteiger partial charge is 0.493 e. The van der Waals surface area contributed by atoms with Gasteiger partial charge in [0, 0.05) is 25.2 Å². The van der Waals surface area contributed by atoms with Crippen LogP contribution in [0.5, 0.6) is 5.75 Å². The van der Waals surface area contributed by atoms with Crippen molar-refractivity contribution in [2.45, 2.75) is 32.4 Å². The number of nitrogens with zero attached hydrogens (tertiary/aromatic N) is 3. The Balaban J connectivity index is 1.71. The molecule has 0 spiro atoms. The summed E-state index contributed by atoms with van der Waals surface area (Å²) < 4.78 is 7.64. The van der Waals surface area contributed by atoms with Crippen LogP contribution in [0.2, 0.25) is 0 Å². The van der Waals surface area contributed by atoms with Crippen LogP contribution in [0.25, 0.3) is 0 Å². The first-order valence-corrected chi connectivity index (χ1v) is 7.18. The van der Waals surface area contributed by atoms with E-state index >= 15 is 0 Å². The molecule has 0 saturated heterocycles. The molecule has 5 heteroatoms. The van der Waals surface area contributed by atoms with Crippen LogP contribution in [0.15, 0.2) is 30.5 Å². The Morgan fingerprint density at radius 1 is 1.40 bits per heavy atom. The zero-order chi connectivity index (χ0) is 13.8. The molecule has 1 aliphatic heterocycles. The summed E-state index contributed by atoms with van der Waals surface area (Å²) in [5.41, 5.74) is 2.27. The van der Waals surface area contributed by atoms with Crippen LogP contribution in [0.1, 0.15) is 30.5 Å².